The van der Waals surface area contributed by atoms with E-state index in [9.17, 15) is 14.7 Å². The first-order valence-electron chi connectivity index (χ1n) is 19.6. The summed E-state index contributed by atoms with van der Waals surface area (Å²) in [5, 5.41) is 24.1. The van der Waals surface area contributed by atoms with Crippen LogP contribution in [0.15, 0.2) is 152 Å². The normalized spacial score (nSPS) is 11.4. The Morgan fingerprint density at radius 2 is 1.32 bits per heavy atom. The minimum atomic E-state index is -0.930. The van der Waals surface area contributed by atoms with E-state index in [1.807, 2.05) is 96.4 Å². The number of aryl methyl sites for hydroxylation is 1. The smallest absolute Gasteiger partial charge is 0.358 e. The number of hydrogen-bond donors (Lipinski definition) is 1. The standard InChI is InChI=1S/C48H43N7O4/c1-4-16-42-49-46(53-30-29-36(33(53)2)31-43(56)57)44(47(58)59-3)54(42)32-34-25-27-35(28-26-34)40-23-14-15-24-41(40)45-50-52-55(51-45)48(37-17-8-5-9-18-37,38-19-10-6-11-20-38)39-21-12-7-13-22-39/h5-15,17-30H,4,16,31-32H2,1-3H3,(H,56,57). The maximum absolute atomic E-state index is 13.4. The highest BCUT2D eigenvalue weighted by Gasteiger charge is 2.41. The van der Waals surface area contributed by atoms with Crippen molar-refractivity contribution >= 4 is 11.9 Å². The largest absolute Gasteiger partial charge is 0.481 e. The summed E-state index contributed by atoms with van der Waals surface area (Å²) in [6.45, 7) is 4.26. The Hall–Kier alpha value is -7.40. The van der Waals surface area contributed by atoms with E-state index in [0.29, 0.717) is 41.6 Å². The number of esters is 1. The summed E-state index contributed by atoms with van der Waals surface area (Å²) < 4.78 is 8.96. The number of carboxylic acids is 1. The van der Waals surface area contributed by atoms with Crippen molar-refractivity contribution in [2.24, 2.45) is 0 Å². The van der Waals surface area contributed by atoms with Gasteiger partial charge in [-0.05, 0) is 63.6 Å². The number of carboxylic acid groups (broad SMARTS) is 1. The molecule has 0 aliphatic heterocycles. The van der Waals surface area contributed by atoms with Gasteiger partial charge < -0.3 is 19.0 Å². The summed E-state index contributed by atoms with van der Waals surface area (Å²) in [4.78, 5) is 31.6. The lowest BCUT2D eigenvalue weighted by molar-refractivity contribution is -0.136. The molecule has 3 aromatic heterocycles. The third kappa shape index (κ3) is 7.23. The van der Waals surface area contributed by atoms with Gasteiger partial charge >= 0.3 is 11.9 Å². The fourth-order valence-corrected chi connectivity index (χ4v) is 7.92. The second-order valence-corrected chi connectivity index (χ2v) is 14.3. The molecule has 0 radical (unpaired) electrons. The van der Waals surface area contributed by atoms with E-state index >= 15 is 0 Å². The molecule has 0 saturated carbocycles. The Bertz CT molecular complexity index is 2620. The van der Waals surface area contributed by atoms with E-state index in [1.54, 1.807) is 21.6 Å². The minimum absolute atomic E-state index is 0.130. The minimum Gasteiger partial charge on any atom is -0.481 e. The summed E-state index contributed by atoms with van der Waals surface area (Å²) in [6.07, 6.45) is 3.07. The molecule has 8 rings (SSSR count). The molecule has 0 bridgehead atoms. The molecular formula is C48H43N7O4. The zero-order chi connectivity index (χ0) is 40.9. The van der Waals surface area contributed by atoms with Gasteiger partial charge in [-0.2, -0.15) is 0 Å². The van der Waals surface area contributed by atoms with Gasteiger partial charge in [0.25, 0.3) is 0 Å². The third-order valence-electron chi connectivity index (χ3n) is 10.8. The number of tetrazole rings is 1. The van der Waals surface area contributed by atoms with Gasteiger partial charge in [0.05, 0.1) is 13.5 Å². The predicted octanol–water partition coefficient (Wildman–Crippen LogP) is 8.56. The molecular weight excluding hydrogens is 739 g/mol. The average Bonchev–Trinajstić information content (AvgIpc) is 4.00. The number of ether oxygens (including phenoxy) is 1. The molecule has 0 atom stereocenters. The molecule has 0 spiro atoms. The maximum atomic E-state index is 13.4. The predicted molar refractivity (Wildman–Crippen MR) is 225 cm³/mol. The van der Waals surface area contributed by atoms with Crippen LogP contribution in [0.4, 0.5) is 0 Å². The van der Waals surface area contributed by atoms with Crippen molar-refractivity contribution in [3.05, 3.63) is 197 Å². The van der Waals surface area contributed by atoms with Crippen molar-refractivity contribution in [3.8, 4) is 28.3 Å². The Morgan fingerprint density at radius 3 is 1.88 bits per heavy atom. The van der Waals surface area contributed by atoms with Crippen molar-refractivity contribution in [2.45, 2.75) is 45.2 Å². The van der Waals surface area contributed by atoms with Crippen LogP contribution < -0.4 is 0 Å². The molecule has 11 nitrogen and oxygen atoms in total. The monoisotopic (exact) mass is 781 g/mol. The number of carbonyl (C=O) groups excluding carboxylic acids is 1. The number of methoxy groups -OCH3 is 1. The van der Waals surface area contributed by atoms with Gasteiger partial charge in [0.2, 0.25) is 5.82 Å². The van der Waals surface area contributed by atoms with Crippen molar-refractivity contribution in [2.75, 3.05) is 7.11 Å². The topological polar surface area (TPSA) is 130 Å². The summed E-state index contributed by atoms with van der Waals surface area (Å²) in [5.41, 5.74) is 7.44. The zero-order valence-corrected chi connectivity index (χ0v) is 33.1. The average molecular weight is 782 g/mol. The molecule has 294 valence electrons. The maximum Gasteiger partial charge on any atom is 0.358 e. The van der Waals surface area contributed by atoms with Gasteiger partial charge in [-0.1, -0.05) is 146 Å². The molecule has 1 N–H and O–H groups in total. The SMILES string of the molecule is CCCc1nc(-n2ccc(CC(=O)O)c2C)c(C(=O)OC)n1Cc1ccc(-c2ccccc2-c2nnn(C(c3ccccc3)(c3ccccc3)c3ccccc3)n2)cc1. The van der Waals surface area contributed by atoms with Crippen LogP contribution in [-0.2, 0) is 34.5 Å². The summed E-state index contributed by atoms with van der Waals surface area (Å²) in [7, 11) is 1.35. The van der Waals surface area contributed by atoms with Crippen molar-refractivity contribution in [3.63, 3.8) is 0 Å². The number of imidazole rings is 1. The number of aliphatic carboxylic acids is 1. The molecule has 0 saturated heterocycles. The Labute approximate surface area is 342 Å². The highest BCUT2D eigenvalue weighted by molar-refractivity contribution is 5.91. The fraction of sp³-hybridized carbons (Fsp3) is 0.167. The molecule has 0 aliphatic carbocycles. The molecule has 11 heteroatoms. The van der Waals surface area contributed by atoms with Crippen LogP contribution in [0.3, 0.4) is 0 Å². The van der Waals surface area contributed by atoms with Crippen molar-refractivity contribution in [1.29, 1.82) is 0 Å². The summed E-state index contributed by atoms with van der Waals surface area (Å²) in [6, 6.07) is 48.8. The Kier molecular flexibility index (Phi) is 10.8. The van der Waals surface area contributed by atoms with Gasteiger partial charge in [-0.3, -0.25) is 4.79 Å². The number of carbonyl (C=O) groups is 2. The zero-order valence-electron chi connectivity index (χ0n) is 33.1. The van der Waals surface area contributed by atoms with Crippen LogP contribution in [-0.4, -0.2) is 58.5 Å². The quantitative estimate of drug-likeness (QED) is 0.0859. The molecule has 0 fully saturated rings. The van der Waals surface area contributed by atoms with Gasteiger partial charge in [0.15, 0.2) is 17.1 Å². The first kappa shape index (κ1) is 38.5. The van der Waals surface area contributed by atoms with Gasteiger partial charge in [0.1, 0.15) is 5.82 Å². The highest BCUT2D eigenvalue weighted by atomic mass is 16.5. The molecule has 0 amide bonds. The number of benzene rings is 5. The van der Waals surface area contributed by atoms with E-state index in [-0.39, 0.29) is 6.42 Å². The number of nitrogens with zero attached hydrogens (tertiary/aromatic N) is 7. The van der Waals surface area contributed by atoms with Crippen LogP contribution in [0, 0.1) is 6.92 Å². The van der Waals surface area contributed by atoms with Crippen LogP contribution in [0.1, 0.15) is 63.2 Å². The Balaban J connectivity index is 1.17. The van der Waals surface area contributed by atoms with E-state index < -0.39 is 17.5 Å². The van der Waals surface area contributed by atoms with Crippen molar-refractivity contribution < 1.29 is 19.4 Å². The number of aromatic nitrogens is 7. The lowest BCUT2D eigenvalue weighted by atomic mass is 9.77. The first-order chi connectivity index (χ1) is 28.8. The number of hydrogen-bond acceptors (Lipinski definition) is 7. The van der Waals surface area contributed by atoms with Crippen LogP contribution >= 0.6 is 0 Å². The first-order valence-corrected chi connectivity index (χ1v) is 19.6. The molecule has 0 unspecified atom stereocenters. The highest BCUT2D eigenvalue weighted by Crippen LogP contribution is 2.40. The lowest BCUT2D eigenvalue weighted by Crippen LogP contribution is -2.39. The summed E-state index contributed by atoms with van der Waals surface area (Å²) >= 11 is 0. The van der Waals surface area contributed by atoms with Gasteiger partial charge in [-0.25, -0.2) is 9.78 Å². The Morgan fingerprint density at radius 1 is 0.746 bits per heavy atom. The molecule has 59 heavy (non-hydrogen) atoms. The molecule has 8 aromatic rings. The van der Waals surface area contributed by atoms with Crippen molar-refractivity contribution in [1.82, 2.24) is 34.3 Å². The second-order valence-electron chi connectivity index (χ2n) is 14.3. The van der Waals surface area contributed by atoms with E-state index in [2.05, 4.69) is 61.5 Å². The molecule has 0 aliphatic rings. The van der Waals surface area contributed by atoms with E-state index in [1.165, 1.54) is 7.11 Å². The van der Waals surface area contributed by atoms with Crippen LogP contribution in [0.25, 0.3) is 28.3 Å². The third-order valence-corrected chi connectivity index (χ3v) is 10.8. The lowest BCUT2D eigenvalue weighted by Gasteiger charge is -2.34. The fourth-order valence-electron chi connectivity index (χ4n) is 7.92. The van der Waals surface area contributed by atoms with Crippen LogP contribution in [0.5, 0.6) is 0 Å². The molecule has 3 heterocycles. The van der Waals surface area contributed by atoms with Gasteiger partial charge in [0, 0.05) is 30.4 Å². The number of rotatable bonds is 14. The molecule has 5 aromatic carbocycles. The van der Waals surface area contributed by atoms with Gasteiger partial charge in [-0.15, -0.1) is 15.0 Å². The van der Waals surface area contributed by atoms with E-state index in [4.69, 9.17) is 25.1 Å². The van der Waals surface area contributed by atoms with E-state index in [0.717, 1.165) is 51.2 Å². The van der Waals surface area contributed by atoms with Crippen LogP contribution in [0.2, 0.25) is 0 Å². The second kappa shape index (κ2) is 16.6. The summed E-state index contributed by atoms with van der Waals surface area (Å²) in [5.74, 6) is 0.181.